The van der Waals surface area contributed by atoms with Gasteiger partial charge in [0.05, 0.1) is 24.3 Å². The average Bonchev–Trinajstić information content (AvgIpc) is 2.83. The van der Waals surface area contributed by atoms with Crippen molar-refractivity contribution in [3.8, 4) is 6.07 Å². The lowest BCUT2D eigenvalue weighted by atomic mass is 9.85. The highest BCUT2D eigenvalue weighted by Gasteiger charge is 2.46. The van der Waals surface area contributed by atoms with Gasteiger partial charge < -0.3 is 10.5 Å². The number of ketones is 1. The molecule has 1 aliphatic carbocycles. The Balaban J connectivity index is 1.82. The third-order valence-electron chi connectivity index (χ3n) is 4.34. The predicted octanol–water partition coefficient (Wildman–Crippen LogP) is 0.0522. The summed E-state index contributed by atoms with van der Waals surface area (Å²) in [5.41, 5.74) is 5.20. The molecule has 2 amide bonds. The maximum atomic E-state index is 12.2. The van der Waals surface area contributed by atoms with Crippen molar-refractivity contribution >= 4 is 23.6 Å². The molecule has 0 unspecified atom stereocenters. The first kappa shape index (κ1) is 18.4. The minimum Gasteiger partial charge on any atom is -0.458 e. The summed E-state index contributed by atoms with van der Waals surface area (Å²) in [5.74, 6) is -3.87. The number of nitrogens with two attached hydrogens (primary N) is 1. The third-order valence-corrected chi connectivity index (χ3v) is 4.34. The Morgan fingerprint density at radius 3 is 2.36 bits per heavy atom. The van der Waals surface area contributed by atoms with E-state index in [2.05, 4.69) is 6.58 Å². The summed E-state index contributed by atoms with van der Waals surface area (Å²) in [6.45, 7) is 2.64. The molecule has 132 valence electrons. The van der Waals surface area contributed by atoms with Gasteiger partial charge in [0.25, 0.3) is 0 Å². The molecule has 2 aliphatic rings. The van der Waals surface area contributed by atoms with Crippen LogP contribution in [-0.2, 0) is 23.9 Å². The Kier molecular flexibility index (Phi) is 5.70. The lowest BCUT2D eigenvalue weighted by Crippen LogP contribution is -2.33. The summed E-state index contributed by atoms with van der Waals surface area (Å²) in [6.07, 6.45) is 4.62. The lowest BCUT2D eigenvalue weighted by molar-refractivity contribution is -0.149. The molecule has 2 N–H and O–H groups in total. The number of nitrogens with zero attached hydrogens (tertiary/aromatic N) is 2. The Morgan fingerprint density at radius 2 is 1.88 bits per heavy atom. The third kappa shape index (κ3) is 3.94. The minimum absolute atomic E-state index is 0.0804. The van der Waals surface area contributed by atoms with E-state index in [1.807, 2.05) is 12.2 Å². The molecule has 8 nitrogen and oxygen atoms in total. The molecule has 0 radical (unpaired) electrons. The maximum Gasteiger partial charge on any atom is 0.308 e. The van der Waals surface area contributed by atoms with Gasteiger partial charge in [-0.25, -0.2) is 0 Å². The van der Waals surface area contributed by atoms with Crippen LogP contribution in [0.25, 0.3) is 0 Å². The average molecular weight is 345 g/mol. The van der Waals surface area contributed by atoms with E-state index in [0.717, 1.165) is 4.90 Å². The van der Waals surface area contributed by atoms with Crippen molar-refractivity contribution in [2.75, 3.05) is 13.2 Å². The Labute approximate surface area is 144 Å². The maximum absolute atomic E-state index is 12.2. The van der Waals surface area contributed by atoms with Gasteiger partial charge in [0, 0.05) is 12.2 Å². The van der Waals surface area contributed by atoms with E-state index in [4.69, 9.17) is 15.7 Å². The highest BCUT2D eigenvalue weighted by atomic mass is 16.5. The highest BCUT2D eigenvalue weighted by Crippen LogP contribution is 2.34. The summed E-state index contributed by atoms with van der Waals surface area (Å²) in [4.78, 5) is 49.0. The van der Waals surface area contributed by atoms with Gasteiger partial charge in [-0.15, -0.1) is 0 Å². The summed E-state index contributed by atoms with van der Waals surface area (Å²) in [7, 11) is 0. The van der Waals surface area contributed by atoms with Gasteiger partial charge in [-0.2, -0.15) is 5.26 Å². The van der Waals surface area contributed by atoms with Crippen LogP contribution in [0, 0.1) is 29.1 Å². The fourth-order valence-corrected chi connectivity index (χ4v) is 2.96. The zero-order chi connectivity index (χ0) is 18.6. The van der Waals surface area contributed by atoms with Gasteiger partial charge in [-0.3, -0.25) is 24.1 Å². The van der Waals surface area contributed by atoms with Crippen LogP contribution in [0.15, 0.2) is 24.4 Å². The van der Waals surface area contributed by atoms with Crippen LogP contribution in [0.2, 0.25) is 0 Å². The Morgan fingerprint density at radius 1 is 1.32 bits per heavy atom. The van der Waals surface area contributed by atoms with Gasteiger partial charge in [-0.1, -0.05) is 18.7 Å². The fourth-order valence-electron chi connectivity index (χ4n) is 2.96. The van der Waals surface area contributed by atoms with Crippen LogP contribution < -0.4 is 5.73 Å². The number of likely N-dealkylation sites (tertiary alicyclic amines) is 1. The lowest BCUT2D eigenvalue weighted by Gasteiger charge is -2.14. The summed E-state index contributed by atoms with van der Waals surface area (Å²) in [5, 5.41) is 8.80. The molecular formula is C17H19N3O5. The standard InChI is InChI=1S/C17H19N3O5/c1-10(19)13(8-18)14(21)9-25-15(22)6-7-20-16(23)11-4-2-3-5-12(11)17(20)24/h2-3,11-13H,1,4-7,9,19H2/t11-,12+,13-/m1/s1. The largest absolute Gasteiger partial charge is 0.458 e. The molecule has 1 fully saturated rings. The topological polar surface area (TPSA) is 131 Å². The molecule has 0 aromatic carbocycles. The fraction of sp³-hybridized carbons (Fsp3) is 0.471. The Bertz CT molecular complexity index is 665. The van der Waals surface area contributed by atoms with Crippen molar-refractivity contribution in [3.05, 3.63) is 24.4 Å². The van der Waals surface area contributed by atoms with Crippen molar-refractivity contribution in [1.29, 1.82) is 5.26 Å². The van der Waals surface area contributed by atoms with Gasteiger partial charge in [0.2, 0.25) is 11.8 Å². The smallest absolute Gasteiger partial charge is 0.308 e. The van der Waals surface area contributed by atoms with E-state index in [1.165, 1.54) is 0 Å². The normalized spacial score (nSPS) is 22.9. The van der Waals surface area contributed by atoms with E-state index < -0.39 is 24.3 Å². The van der Waals surface area contributed by atoms with Crippen molar-refractivity contribution in [1.82, 2.24) is 4.90 Å². The zero-order valence-corrected chi connectivity index (χ0v) is 13.6. The number of ether oxygens (including phenoxy) is 1. The van der Waals surface area contributed by atoms with E-state index in [9.17, 15) is 19.2 Å². The van der Waals surface area contributed by atoms with E-state index in [0.29, 0.717) is 12.8 Å². The molecule has 1 heterocycles. The highest BCUT2D eigenvalue weighted by molar-refractivity contribution is 6.05. The van der Waals surface area contributed by atoms with Crippen LogP contribution in [0.5, 0.6) is 0 Å². The van der Waals surface area contributed by atoms with Crippen molar-refractivity contribution in [2.24, 2.45) is 23.5 Å². The molecule has 0 aromatic rings. The first-order valence-electron chi connectivity index (χ1n) is 7.89. The number of fused-ring (bicyclic) bond motifs is 1. The molecule has 0 spiro atoms. The van der Waals surface area contributed by atoms with Gasteiger partial charge in [0.1, 0.15) is 5.92 Å². The number of nitriles is 1. The molecule has 3 atom stereocenters. The number of hydrogen-bond donors (Lipinski definition) is 1. The first-order valence-corrected chi connectivity index (χ1v) is 7.89. The van der Waals surface area contributed by atoms with Crippen LogP contribution in [-0.4, -0.2) is 41.6 Å². The SMILES string of the molecule is C=C(N)[C@@H](C#N)C(=O)COC(=O)CCN1C(=O)[C@H]2CC=CC[C@H]2C1=O. The van der Waals surface area contributed by atoms with Crippen LogP contribution in [0.1, 0.15) is 19.3 Å². The number of Topliss-reactive ketones (excluding diaryl/α,β-unsaturated/α-hetero) is 1. The predicted molar refractivity (Wildman–Crippen MR) is 85.1 cm³/mol. The minimum atomic E-state index is -1.23. The number of amides is 2. The molecular weight excluding hydrogens is 326 g/mol. The summed E-state index contributed by atoms with van der Waals surface area (Å²) >= 11 is 0. The van der Waals surface area contributed by atoms with Crippen LogP contribution >= 0.6 is 0 Å². The zero-order valence-electron chi connectivity index (χ0n) is 13.6. The quantitative estimate of drug-likeness (QED) is 0.392. The first-order chi connectivity index (χ1) is 11.9. The number of imide groups is 1. The van der Waals surface area contributed by atoms with Gasteiger partial charge in [0.15, 0.2) is 12.4 Å². The summed E-state index contributed by atoms with van der Waals surface area (Å²) in [6, 6.07) is 1.67. The van der Waals surface area contributed by atoms with Crippen LogP contribution in [0.3, 0.4) is 0 Å². The van der Waals surface area contributed by atoms with Crippen LogP contribution in [0.4, 0.5) is 0 Å². The second-order valence-corrected chi connectivity index (χ2v) is 6.00. The van der Waals surface area contributed by atoms with E-state index >= 15 is 0 Å². The molecule has 25 heavy (non-hydrogen) atoms. The number of hydrogen-bond acceptors (Lipinski definition) is 7. The number of esters is 1. The van der Waals surface area contributed by atoms with Gasteiger partial charge in [-0.05, 0) is 12.8 Å². The van der Waals surface area contributed by atoms with Gasteiger partial charge >= 0.3 is 5.97 Å². The van der Waals surface area contributed by atoms with E-state index in [1.54, 1.807) is 6.07 Å². The molecule has 0 saturated carbocycles. The molecule has 8 heteroatoms. The number of rotatable bonds is 7. The number of allylic oxidation sites excluding steroid dienone is 3. The van der Waals surface area contributed by atoms with Crippen molar-refractivity contribution < 1.29 is 23.9 Å². The molecule has 1 aliphatic heterocycles. The second-order valence-electron chi connectivity index (χ2n) is 6.00. The second kappa shape index (κ2) is 7.75. The molecule has 2 rings (SSSR count). The Hall–Kier alpha value is -2.95. The number of carbonyl (C=O) groups excluding carboxylic acids is 4. The van der Waals surface area contributed by atoms with Crippen molar-refractivity contribution in [2.45, 2.75) is 19.3 Å². The molecule has 0 bridgehead atoms. The summed E-state index contributed by atoms with van der Waals surface area (Å²) < 4.78 is 4.79. The van der Waals surface area contributed by atoms with E-state index in [-0.39, 0.29) is 42.3 Å². The van der Waals surface area contributed by atoms with Crippen molar-refractivity contribution in [3.63, 3.8) is 0 Å². The monoisotopic (exact) mass is 345 g/mol. The number of carbonyl (C=O) groups is 4. The molecule has 1 saturated heterocycles. The molecule has 0 aromatic heterocycles.